The Kier molecular flexibility index (Phi) is 6.00. The van der Waals surface area contributed by atoms with Gasteiger partial charge in [-0.1, -0.05) is 55.0 Å². The summed E-state index contributed by atoms with van der Waals surface area (Å²) < 4.78 is 10.8. The van der Waals surface area contributed by atoms with Gasteiger partial charge in [0, 0.05) is 19.1 Å². The van der Waals surface area contributed by atoms with E-state index >= 15 is 0 Å². The molecule has 0 spiro atoms. The maximum atomic E-state index is 13.0. The fourth-order valence-electron chi connectivity index (χ4n) is 5.28. The quantitative estimate of drug-likeness (QED) is 0.580. The van der Waals surface area contributed by atoms with Gasteiger partial charge in [-0.3, -0.25) is 4.79 Å². The zero-order valence-electron chi connectivity index (χ0n) is 18.8. The number of carbonyl (C=O) groups excluding carboxylic acids is 2. The van der Waals surface area contributed by atoms with Crippen LogP contribution in [0.4, 0.5) is 4.79 Å². The van der Waals surface area contributed by atoms with Crippen LogP contribution in [0.3, 0.4) is 0 Å². The SMILES string of the molecule is O=C(NCC1(C(=O)N[C@@H]2CCO[C@@H]2C(=O)O)CCC1)OCC1c2ccccc2-c2ccccc21. The first-order valence-corrected chi connectivity index (χ1v) is 11.7. The number of hydrogen-bond acceptors (Lipinski definition) is 5. The van der Waals surface area contributed by atoms with Crippen molar-refractivity contribution in [3.63, 3.8) is 0 Å². The molecule has 2 aromatic rings. The Hall–Kier alpha value is -3.39. The van der Waals surface area contributed by atoms with Gasteiger partial charge in [-0.2, -0.15) is 0 Å². The predicted molar refractivity (Wildman–Crippen MR) is 123 cm³/mol. The van der Waals surface area contributed by atoms with Crippen molar-refractivity contribution in [3.8, 4) is 11.1 Å². The number of alkyl carbamates (subject to hydrolysis) is 1. The maximum Gasteiger partial charge on any atom is 0.407 e. The minimum Gasteiger partial charge on any atom is -0.479 e. The monoisotopic (exact) mass is 464 g/mol. The molecule has 2 fully saturated rings. The molecule has 5 rings (SSSR count). The molecule has 3 N–H and O–H groups in total. The van der Waals surface area contributed by atoms with Crippen LogP contribution in [0.1, 0.15) is 42.7 Å². The van der Waals surface area contributed by atoms with Gasteiger partial charge in [-0.25, -0.2) is 9.59 Å². The van der Waals surface area contributed by atoms with E-state index in [1.165, 1.54) is 0 Å². The second-order valence-corrected chi connectivity index (χ2v) is 9.31. The zero-order valence-corrected chi connectivity index (χ0v) is 18.8. The van der Waals surface area contributed by atoms with Crippen molar-refractivity contribution >= 4 is 18.0 Å². The van der Waals surface area contributed by atoms with Crippen LogP contribution in [0, 0.1) is 5.41 Å². The normalized spacial score (nSPS) is 22.2. The summed E-state index contributed by atoms with van der Waals surface area (Å²) in [6.07, 6.45) is 1.01. The summed E-state index contributed by atoms with van der Waals surface area (Å²) in [6.45, 7) is 0.659. The number of carboxylic acids is 1. The highest BCUT2D eigenvalue weighted by molar-refractivity contribution is 5.86. The summed E-state index contributed by atoms with van der Waals surface area (Å²) >= 11 is 0. The number of fused-ring (bicyclic) bond motifs is 3. The molecule has 0 bridgehead atoms. The smallest absolute Gasteiger partial charge is 0.407 e. The van der Waals surface area contributed by atoms with Crippen LogP contribution in [0.25, 0.3) is 11.1 Å². The van der Waals surface area contributed by atoms with E-state index in [1.54, 1.807) is 0 Å². The Morgan fingerprint density at radius 2 is 1.68 bits per heavy atom. The van der Waals surface area contributed by atoms with Crippen LogP contribution in [0.5, 0.6) is 0 Å². The van der Waals surface area contributed by atoms with Crippen molar-refractivity contribution in [2.75, 3.05) is 19.8 Å². The molecule has 8 heteroatoms. The molecule has 2 amide bonds. The van der Waals surface area contributed by atoms with E-state index in [1.807, 2.05) is 24.3 Å². The molecule has 1 saturated carbocycles. The minimum atomic E-state index is -1.08. The van der Waals surface area contributed by atoms with Gasteiger partial charge >= 0.3 is 12.1 Å². The third-order valence-electron chi connectivity index (χ3n) is 7.36. The number of aliphatic carboxylic acids is 1. The van der Waals surface area contributed by atoms with E-state index in [9.17, 15) is 19.5 Å². The standard InChI is InChI=1S/C26H28N2O6/c29-23(30)22-21(10-13-33-22)28-24(31)26(11-5-12-26)15-27-25(32)34-14-20-18-8-3-1-6-16(18)17-7-2-4-9-19(17)20/h1-4,6-9,20-22H,5,10-15H2,(H,27,32)(H,28,31)(H,29,30)/t21-,22+/m1/s1. The van der Waals surface area contributed by atoms with Crippen LogP contribution in [0.2, 0.25) is 0 Å². The Balaban J connectivity index is 1.18. The van der Waals surface area contributed by atoms with E-state index in [-0.39, 0.29) is 25.0 Å². The fourth-order valence-corrected chi connectivity index (χ4v) is 5.28. The second kappa shape index (κ2) is 9.10. The molecule has 8 nitrogen and oxygen atoms in total. The first kappa shape index (κ1) is 22.4. The lowest BCUT2D eigenvalue weighted by Crippen LogP contribution is -2.56. The van der Waals surface area contributed by atoms with Gasteiger partial charge in [0.15, 0.2) is 6.10 Å². The van der Waals surface area contributed by atoms with Gasteiger partial charge in [0.05, 0.1) is 11.5 Å². The molecule has 2 atom stereocenters. The van der Waals surface area contributed by atoms with Crippen LogP contribution in [-0.2, 0) is 19.1 Å². The zero-order chi connectivity index (χ0) is 23.7. The molecule has 34 heavy (non-hydrogen) atoms. The Labute approximate surface area is 197 Å². The molecule has 178 valence electrons. The number of rotatable bonds is 7. The van der Waals surface area contributed by atoms with Crippen molar-refractivity contribution in [2.24, 2.45) is 5.41 Å². The molecule has 2 aliphatic carbocycles. The van der Waals surface area contributed by atoms with Gasteiger partial charge in [-0.15, -0.1) is 0 Å². The van der Waals surface area contributed by atoms with Gasteiger partial charge in [-0.05, 0) is 41.5 Å². The van der Waals surface area contributed by atoms with Crippen LogP contribution < -0.4 is 10.6 Å². The molecule has 2 aromatic carbocycles. The largest absolute Gasteiger partial charge is 0.479 e. The summed E-state index contributed by atoms with van der Waals surface area (Å²) in [6, 6.07) is 15.7. The number of nitrogens with one attached hydrogen (secondary N) is 2. The second-order valence-electron chi connectivity index (χ2n) is 9.31. The Bertz CT molecular complexity index is 1070. The molecule has 0 radical (unpaired) electrons. The Morgan fingerprint density at radius 3 is 2.26 bits per heavy atom. The number of amides is 2. The third-order valence-corrected chi connectivity index (χ3v) is 7.36. The highest BCUT2D eigenvalue weighted by Gasteiger charge is 2.47. The van der Waals surface area contributed by atoms with Gasteiger partial charge in [0.2, 0.25) is 5.91 Å². The van der Waals surface area contributed by atoms with E-state index in [2.05, 4.69) is 34.9 Å². The van der Waals surface area contributed by atoms with E-state index < -0.39 is 29.6 Å². The number of carbonyl (C=O) groups is 3. The number of benzene rings is 2. The van der Waals surface area contributed by atoms with Crippen molar-refractivity contribution in [1.82, 2.24) is 10.6 Å². The Morgan fingerprint density at radius 1 is 1.03 bits per heavy atom. The van der Waals surface area contributed by atoms with Crippen LogP contribution in [-0.4, -0.2) is 55.0 Å². The average Bonchev–Trinajstić information content (AvgIpc) is 3.39. The van der Waals surface area contributed by atoms with Gasteiger partial charge in [0.25, 0.3) is 0 Å². The minimum absolute atomic E-state index is 0.0329. The highest BCUT2D eigenvalue weighted by atomic mass is 16.5. The van der Waals surface area contributed by atoms with Crippen molar-refractivity contribution in [1.29, 1.82) is 0 Å². The molecule has 3 aliphatic rings. The molecule has 0 unspecified atom stereocenters. The summed E-state index contributed by atoms with van der Waals surface area (Å²) in [7, 11) is 0. The van der Waals surface area contributed by atoms with Crippen molar-refractivity contribution in [3.05, 3.63) is 59.7 Å². The molecule has 1 heterocycles. The lowest BCUT2D eigenvalue weighted by molar-refractivity contribution is -0.149. The first-order valence-electron chi connectivity index (χ1n) is 11.7. The van der Waals surface area contributed by atoms with E-state index in [0.29, 0.717) is 25.9 Å². The van der Waals surface area contributed by atoms with Crippen molar-refractivity contribution < 1.29 is 29.0 Å². The molecular formula is C26H28N2O6. The molecule has 0 aromatic heterocycles. The van der Waals surface area contributed by atoms with Crippen molar-refractivity contribution in [2.45, 2.75) is 43.7 Å². The topological polar surface area (TPSA) is 114 Å². The fraction of sp³-hybridized carbons (Fsp3) is 0.423. The summed E-state index contributed by atoms with van der Waals surface area (Å²) in [5.74, 6) is -1.35. The molecular weight excluding hydrogens is 436 g/mol. The highest BCUT2D eigenvalue weighted by Crippen LogP contribution is 2.44. The van der Waals surface area contributed by atoms with E-state index in [4.69, 9.17) is 9.47 Å². The van der Waals surface area contributed by atoms with Gasteiger partial charge in [0.1, 0.15) is 6.61 Å². The van der Waals surface area contributed by atoms with Gasteiger partial charge < -0.3 is 25.2 Å². The number of carboxylic acid groups (broad SMARTS) is 1. The summed E-state index contributed by atoms with van der Waals surface area (Å²) in [4.78, 5) is 36.9. The maximum absolute atomic E-state index is 13.0. The summed E-state index contributed by atoms with van der Waals surface area (Å²) in [5.41, 5.74) is 3.86. The number of hydrogen-bond donors (Lipinski definition) is 3. The van der Waals surface area contributed by atoms with Crippen LogP contribution in [0.15, 0.2) is 48.5 Å². The van der Waals surface area contributed by atoms with E-state index in [0.717, 1.165) is 28.7 Å². The number of ether oxygens (including phenoxy) is 2. The lowest BCUT2D eigenvalue weighted by atomic mass is 9.68. The lowest BCUT2D eigenvalue weighted by Gasteiger charge is -2.41. The molecule has 1 aliphatic heterocycles. The molecule has 1 saturated heterocycles. The first-order chi connectivity index (χ1) is 16.5. The average molecular weight is 465 g/mol. The summed E-state index contributed by atoms with van der Waals surface area (Å²) in [5, 5.41) is 14.9. The third kappa shape index (κ3) is 4.03. The predicted octanol–water partition coefficient (Wildman–Crippen LogP) is 3.05. The van der Waals surface area contributed by atoms with Crippen LogP contribution >= 0.6 is 0 Å².